The first-order valence-electron chi connectivity index (χ1n) is 14.8. The van der Waals surface area contributed by atoms with Crippen molar-refractivity contribution in [2.45, 2.75) is 57.5 Å². The van der Waals surface area contributed by atoms with Crippen LogP contribution in [0.5, 0.6) is 0 Å². The largest absolute Gasteiger partial charge is 0.387 e. The number of amides is 2. The van der Waals surface area contributed by atoms with Crippen LogP contribution in [0.4, 0.5) is 5.82 Å². The second kappa shape index (κ2) is 15.8. The monoisotopic (exact) mass is 595 g/mol. The summed E-state index contributed by atoms with van der Waals surface area (Å²) >= 11 is 0. The van der Waals surface area contributed by atoms with E-state index in [1.54, 1.807) is 37.4 Å². The zero-order valence-electron chi connectivity index (χ0n) is 25.1. The highest BCUT2D eigenvalue weighted by atomic mass is 16.3. The van der Waals surface area contributed by atoms with Crippen molar-refractivity contribution in [3.8, 4) is 0 Å². The number of pyridine rings is 1. The Hall–Kier alpha value is -4.57. The van der Waals surface area contributed by atoms with Crippen LogP contribution >= 0.6 is 0 Å². The minimum atomic E-state index is -0.812. The molecule has 0 aliphatic rings. The number of hydrogen-bond acceptors (Lipinski definition) is 7. The fourth-order valence-corrected chi connectivity index (χ4v) is 4.87. The fourth-order valence-electron chi connectivity index (χ4n) is 4.87. The number of carbonyl (C=O) groups excluding carboxylic acids is 2. The van der Waals surface area contributed by atoms with Crippen LogP contribution in [0.25, 0.3) is 0 Å². The summed E-state index contributed by atoms with van der Waals surface area (Å²) in [5.74, 6) is 0.0422. The van der Waals surface area contributed by atoms with Crippen molar-refractivity contribution in [1.29, 1.82) is 0 Å². The lowest BCUT2D eigenvalue weighted by Gasteiger charge is -2.20. The van der Waals surface area contributed by atoms with Crippen LogP contribution in [0.15, 0.2) is 97.2 Å². The number of hydrogen-bond donors (Lipinski definition) is 6. The van der Waals surface area contributed by atoms with Crippen LogP contribution in [0.3, 0.4) is 0 Å². The highest BCUT2D eigenvalue weighted by Gasteiger charge is 2.19. The van der Waals surface area contributed by atoms with Gasteiger partial charge in [0.15, 0.2) is 0 Å². The average Bonchev–Trinajstić information content (AvgIpc) is 3.03. The van der Waals surface area contributed by atoms with Gasteiger partial charge in [0.05, 0.1) is 24.7 Å². The third kappa shape index (κ3) is 9.74. The number of nitrogen functional groups attached to an aromatic ring is 1. The Morgan fingerprint density at radius 3 is 2.27 bits per heavy atom. The van der Waals surface area contributed by atoms with E-state index in [1.807, 2.05) is 66.7 Å². The summed E-state index contributed by atoms with van der Waals surface area (Å²) in [5.41, 5.74) is 10.4. The van der Waals surface area contributed by atoms with Crippen molar-refractivity contribution in [1.82, 2.24) is 20.9 Å². The van der Waals surface area contributed by atoms with Gasteiger partial charge >= 0.3 is 0 Å². The van der Waals surface area contributed by atoms with E-state index < -0.39 is 18.2 Å². The Bertz CT molecular complexity index is 1500. The Labute approximate surface area is 258 Å². The van der Waals surface area contributed by atoms with Crippen LogP contribution in [0.2, 0.25) is 0 Å². The van der Waals surface area contributed by atoms with Crippen molar-refractivity contribution in [3.63, 3.8) is 0 Å². The summed E-state index contributed by atoms with van der Waals surface area (Å²) in [6.45, 7) is 4.55. The summed E-state index contributed by atoms with van der Waals surface area (Å²) in [6, 6.07) is 27.3. The zero-order chi connectivity index (χ0) is 31.5. The standard InChI is InChI=1S/C35H41N5O4/c1-23(37-22-31(41)30-15-16-32(36)38-21-30)17-26-7-6-8-27(18-26)19-33(42)39-20-25-11-13-29(14-12-25)35(44)40-24(2)34(43)28-9-4-3-5-10-28/h3-16,18,21,23-24,31,34,37,41,43H,17,19-20,22H2,1-2H3,(H2,36,38)(H,39,42)(H,40,44)/t23?,24-,31-,34+/m1/s1. The van der Waals surface area contributed by atoms with Crippen LogP contribution in [-0.2, 0) is 24.2 Å². The lowest BCUT2D eigenvalue weighted by atomic mass is 10.0. The van der Waals surface area contributed by atoms with Crippen molar-refractivity contribution < 1.29 is 19.8 Å². The molecule has 3 aromatic carbocycles. The van der Waals surface area contributed by atoms with Gasteiger partial charge in [0, 0.05) is 36.5 Å². The van der Waals surface area contributed by atoms with Gasteiger partial charge < -0.3 is 31.9 Å². The number of anilines is 1. The summed E-state index contributed by atoms with van der Waals surface area (Å²) < 4.78 is 0. The van der Waals surface area contributed by atoms with E-state index in [0.717, 1.165) is 28.7 Å². The maximum atomic E-state index is 12.7. The van der Waals surface area contributed by atoms with E-state index in [2.05, 4.69) is 27.9 Å². The third-order valence-electron chi connectivity index (χ3n) is 7.43. The van der Waals surface area contributed by atoms with E-state index in [9.17, 15) is 19.8 Å². The summed E-state index contributed by atoms with van der Waals surface area (Å²) in [5, 5.41) is 30.1. The van der Waals surface area contributed by atoms with Crippen LogP contribution in [-0.4, -0.2) is 45.6 Å². The topological polar surface area (TPSA) is 150 Å². The maximum Gasteiger partial charge on any atom is 0.251 e. The Kier molecular flexibility index (Phi) is 11.6. The number of aromatic nitrogens is 1. The minimum absolute atomic E-state index is 0.0981. The minimum Gasteiger partial charge on any atom is -0.387 e. The SMILES string of the molecule is CC(Cc1cccc(CC(=O)NCc2ccc(C(=O)N[C@H](C)[C@H](O)c3ccccc3)cc2)c1)NC[C@@H](O)c1ccc(N)nc1. The highest BCUT2D eigenvalue weighted by Crippen LogP contribution is 2.17. The molecule has 1 aromatic heterocycles. The van der Waals surface area contributed by atoms with E-state index in [1.165, 1.54) is 0 Å². The first-order chi connectivity index (χ1) is 21.2. The van der Waals surface area contributed by atoms with E-state index in [0.29, 0.717) is 30.0 Å². The number of aliphatic hydroxyl groups is 2. The molecule has 0 spiro atoms. The van der Waals surface area contributed by atoms with Gasteiger partial charge in [0.25, 0.3) is 5.91 Å². The van der Waals surface area contributed by atoms with Crippen LogP contribution in [0, 0.1) is 0 Å². The van der Waals surface area contributed by atoms with Crippen LogP contribution < -0.4 is 21.7 Å². The summed E-state index contributed by atoms with van der Waals surface area (Å²) in [7, 11) is 0. The van der Waals surface area contributed by atoms with E-state index >= 15 is 0 Å². The predicted molar refractivity (Wildman–Crippen MR) is 172 cm³/mol. The Balaban J connectivity index is 1.20. The molecular formula is C35H41N5O4. The molecule has 2 amide bonds. The molecule has 1 unspecified atom stereocenters. The molecule has 44 heavy (non-hydrogen) atoms. The molecule has 7 N–H and O–H groups in total. The highest BCUT2D eigenvalue weighted by molar-refractivity contribution is 5.94. The average molecular weight is 596 g/mol. The summed E-state index contributed by atoms with van der Waals surface area (Å²) in [6.07, 6.45) is 1.08. The normalized spacial score (nSPS) is 13.8. The lowest BCUT2D eigenvalue weighted by Crippen LogP contribution is -2.37. The maximum absolute atomic E-state index is 12.7. The second-order valence-electron chi connectivity index (χ2n) is 11.1. The van der Waals surface area contributed by atoms with Crippen molar-refractivity contribution >= 4 is 17.6 Å². The zero-order valence-corrected chi connectivity index (χ0v) is 25.1. The van der Waals surface area contributed by atoms with E-state index in [-0.39, 0.29) is 24.3 Å². The van der Waals surface area contributed by atoms with Gasteiger partial charge in [-0.05, 0) is 60.7 Å². The van der Waals surface area contributed by atoms with Crippen molar-refractivity contribution in [2.24, 2.45) is 0 Å². The molecule has 0 saturated carbocycles. The number of benzene rings is 3. The molecule has 0 bridgehead atoms. The van der Waals surface area contributed by atoms with E-state index in [4.69, 9.17) is 5.73 Å². The molecule has 0 fully saturated rings. The van der Waals surface area contributed by atoms with Gasteiger partial charge in [-0.2, -0.15) is 0 Å². The van der Waals surface area contributed by atoms with Crippen molar-refractivity contribution in [2.75, 3.05) is 12.3 Å². The number of nitrogens with one attached hydrogen (secondary N) is 3. The van der Waals surface area contributed by atoms with Gasteiger partial charge in [0.2, 0.25) is 5.91 Å². The molecule has 4 atom stereocenters. The third-order valence-corrected chi connectivity index (χ3v) is 7.43. The molecule has 9 heteroatoms. The number of carbonyl (C=O) groups is 2. The molecule has 1 heterocycles. The van der Waals surface area contributed by atoms with Crippen molar-refractivity contribution in [3.05, 3.63) is 131 Å². The molecule has 0 aliphatic carbocycles. The van der Waals surface area contributed by atoms with Gasteiger partial charge in [0.1, 0.15) is 5.82 Å². The first-order valence-corrected chi connectivity index (χ1v) is 14.8. The number of aliphatic hydroxyl groups excluding tert-OH is 2. The lowest BCUT2D eigenvalue weighted by molar-refractivity contribution is -0.120. The molecule has 230 valence electrons. The fraction of sp³-hybridized carbons (Fsp3) is 0.286. The number of nitrogens with zero attached hydrogens (tertiary/aromatic N) is 1. The predicted octanol–water partition coefficient (Wildman–Crippen LogP) is 3.63. The molecule has 4 aromatic rings. The van der Waals surface area contributed by atoms with Gasteiger partial charge in [-0.15, -0.1) is 0 Å². The molecule has 0 aliphatic heterocycles. The number of rotatable bonds is 14. The Morgan fingerprint density at radius 2 is 1.57 bits per heavy atom. The molecule has 9 nitrogen and oxygen atoms in total. The summed E-state index contributed by atoms with van der Waals surface area (Å²) in [4.78, 5) is 29.4. The molecular weight excluding hydrogens is 554 g/mol. The number of nitrogens with two attached hydrogens (primary N) is 1. The smallest absolute Gasteiger partial charge is 0.251 e. The van der Waals surface area contributed by atoms with Gasteiger partial charge in [-0.25, -0.2) is 4.98 Å². The molecule has 0 saturated heterocycles. The van der Waals surface area contributed by atoms with Crippen LogP contribution in [0.1, 0.15) is 64.2 Å². The molecule has 0 radical (unpaired) electrons. The first kappa shape index (κ1) is 32.3. The Morgan fingerprint density at radius 1 is 0.841 bits per heavy atom. The van der Waals surface area contributed by atoms with Gasteiger partial charge in [-0.1, -0.05) is 72.8 Å². The quantitative estimate of drug-likeness (QED) is 0.130. The second-order valence-corrected chi connectivity index (χ2v) is 11.1. The molecule has 4 rings (SSSR count). The van der Waals surface area contributed by atoms with Gasteiger partial charge in [-0.3, -0.25) is 9.59 Å².